The number of aliphatic carboxylic acids is 1. The fourth-order valence-electron chi connectivity index (χ4n) is 1.46. The minimum atomic E-state index is -0.926. The SMILES string of the molecule is CCN(CCC(=O)O)C(=O)COc1ccc(Cl)cc1. The summed E-state index contributed by atoms with van der Waals surface area (Å²) in [6, 6.07) is 6.68. The first kappa shape index (κ1) is 15.3. The van der Waals surface area contributed by atoms with Crippen molar-refractivity contribution in [2.24, 2.45) is 0 Å². The van der Waals surface area contributed by atoms with E-state index in [1.807, 2.05) is 0 Å². The largest absolute Gasteiger partial charge is 0.484 e. The molecule has 0 atom stereocenters. The van der Waals surface area contributed by atoms with E-state index in [9.17, 15) is 9.59 Å². The maximum atomic E-state index is 11.8. The number of ether oxygens (including phenoxy) is 1. The average molecular weight is 286 g/mol. The van der Waals surface area contributed by atoms with Gasteiger partial charge in [-0.1, -0.05) is 11.6 Å². The number of carboxylic acids is 1. The molecule has 0 aliphatic heterocycles. The molecule has 0 heterocycles. The number of halogens is 1. The molecule has 1 aromatic carbocycles. The van der Waals surface area contributed by atoms with Crippen molar-refractivity contribution in [2.75, 3.05) is 19.7 Å². The van der Waals surface area contributed by atoms with Crippen LogP contribution in [-0.2, 0) is 9.59 Å². The number of hydrogen-bond donors (Lipinski definition) is 1. The molecular weight excluding hydrogens is 270 g/mol. The van der Waals surface area contributed by atoms with E-state index in [-0.39, 0.29) is 25.5 Å². The van der Waals surface area contributed by atoms with Crippen molar-refractivity contribution >= 4 is 23.5 Å². The molecule has 0 saturated heterocycles. The fourth-order valence-corrected chi connectivity index (χ4v) is 1.58. The van der Waals surface area contributed by atoms with Crippen LogP contribution in [0, 0.1) is 0 Å². The summed E-state index contributed by atoms with van der Waals surface area (Å²) in [5.74, 6) is -0.615. The van der Waals surface area contributed by atoms with Crippen LogP contribution >= 0.6 is 11.6 Å². The predicted molar refractivity (Wildman–Crippen MR) is 71.5 cm³/mol. The van der Waals surface area contributed by atoms with Crippen molar-refractivity contribution in [1.82, 2.24) is 4.90 Å². The van der Waals surface area contributed by atoms with Gasteiger partial charge in [0, 0.05) is 18.1 Å². The number of benzene rings is 1. The Bertz CT molecular complexity index is 433. The number of carboxylic acid groups (broad SMARTS) is 1. The van der Waals surface area contributed by atoms with Gasteiger partial charge in [-0.3, -0.25) is 9.59 Å². The Morgan fingerprint density at radius 1 is 1.32 bits per heavy atom. The summed E-state index contributed by atoms with van der Waals surface area (Å²) < 4.78 is 5.32. The zero-order chi connectivity index (χ0) is 14.3. The monoisotopic (exact) mass is 285 g/mol. The highest BCUT2D eigenvalue weighted by Gasteiger charge is 2.13. The van der Waals surface area contributed by atoms with Gasteiger partial charge in [0.05, 0.1) is 6.42 Å². The summed E-state index contributed by atoms with van der Waals surface area (Å²) in [6.45, 7) is 2.32. The second kappa shape index (κ2) is 7.63. The zero-order valence-corrected chi connectivity index (χ0v) is 11.4. The minimum Gasteiger partial charge on any atom is -0.484 e. The lowest BCUT2D eigenvalue weighted by Crippen LogP contribution is -2.36. The minimum absolute atomic E-state index is 0.0689. The topological polar surface area (TPSA) is 66.8 Å². The van der Waals surface area contributed by atoms with E-state index in [2.05, 4.69) is 0 Å². The van der Waals surface area contributed by atoms with Crippen LogP contribution in [0.5, 0.6) is 5.75 Å². The molecule has 0 bridgehead atoms. The second-order valence-electron chi connectivity index (χ2n) is 3.86. The smallest absolute Gasteiger partial charge is 0.305 e. The summed E-state index contributed by atoms with van der Waals surface area (Å²) in [5.41, 5.74) is 0. The molecule has 6 heteroatoms. The van der Waals surface area contributed by atoms with Crippen molar-refractivity contribution in [3.8, 4) is 5.75 Å². The zero-order valence-electron chi connectivity index (χ0n) is 10.6. The van der Waals surface area contributed by atoms with Gasteiger partial charge in [-0.2, -0.15) is 0 Å². The Kier molecular flexibility index (Phi) is 6.15. The number of carbonyl (C=O) groups is 2. The molecular formula is C13H16ClNO4. The number of rotatable bonds is 7. The van der Waals surface area contributed by atoms with Crippen LogP contribution in [0.15, 0.2) is 24.3 Å². The summed E-state index contributed by atoms with van der Waals surface area (Å²) in [5, 5.41) is 9.18. The molecule has 19 heavy (non-hydrogen) atoms. The van der Waals surface area contributed by atoms with Gasteiger partial charge < -0.3 is 14.7 Å². The molecule has 0 aromatic heterocycles. The molecule has 0 saturated carbocycles. The normalized spacial score (nSPS) is 10.0. The third kappa shape index (κ3) is 5.61. The lowest BCUT2D eigenvalue weighted by Gasteiger charge is -2.20. The van der Waals surface area contributed by atoms with Gasteiger partial charge in [0.25, 0.3) is 5.91 Å². The summed E-state index contributed by atoms with van der Waals surface area (Å²) in [7, 11) is 0. The molecule has 1 amide bonds. The Balaban J connectivity index is 2.44. The van der Waals surface area contributed by atoms with Crippen molar-refractivity contribution in [3.05, 3.63) is 29.3 Å². The molecule has 5 nitrogen and oxygen atoms in total. The number of nitrogens with zero attached hydrogens (tertiary/aromatic N) is 1. The maximum Gasteiger partial charge on any atom is 0.305 e. The highest BCUT2D eigenvalue weighted by Crippen LogP contribution is 2.15. The first-order valence-corrected chi connectivity index (χ1v) is 6.28. The lowest BCUT2D eigenvalue weighted by atomic mass is 10.3. The van der Waals surface area contributed by atoms with Gasteiger partial charge in [-0.05, 0) is 31.2 Å². The molecule has 1 aromatic rings. The summed E-state index contributed by atoms with van der Waals surface area (Å²) >= 11 is 5.73. The van der Waals surface area contributed by atoms with E-state index in [0.717, 1.165) is 0 Å². The van der Waals surface area contributed by atoms with Crippen LogP contribution in [0.3, 0.4) is 0 Å². The Morgan fingerprint density at radius 2 is 1.95 bits per heavy atom. The number of likely N-dealkylation sites (N-methyl/N-ethyl adjacent to an activating group) is 1. The van der Waals surface area contributed by atoms with Crippen LogP contribution in [0.1, 0.15) is 13.3 Å². The molecule has 0 spiro atoms. The third-order valence-electron chi connectivity index (χ3n) is 2.51. The number of carbonyl (C=O) groups excluding carboxylic acids is 1. The van der Waals surface area contributed by atoms with Crippen molar-refractivity contribution in [3.63, 3.8) is 0 Å². The van der Waals surface area contributed by atoms with Crippen LogP contribution in [0.2, 0.25) is 5.02 Å². The van der Waals surface area contributed by atoms with Gasteiger partial charge in [0.2, 0.25) is 0 Å². The van der Waals surface area contributed by atoms with Gasteiger partial charge >= 0.3 is 5.97 Å². The van der Waals surface area contributed by atoms with E-state index in [1.165, 1.54) is 4.90 Å². The van der Waals surface area contributed by atoms with E-state index in [0.29, 0.717) is 17.3 Å². The van der Waals surface area contributed by atoms with Crippen LogP contribution in [0.25, 0.3) is 0 Å². The number of amides is 1. The van der Waals surface area contributed by atoms with E-state index in [4.69, 9.17) is 21.4 Å². The Hall–Kier alpha value is -1.75. The average Bonchev–Trinajstić information content (AvgIpc) is 2.38. The fraction of sp³-hybridized carbons (Fsp3) is 0.385. The molecule has 0 radical (unpaired) electrons. The van der Waals surface area contributed by atoms with E-state index in [1.54, 1.807) is 31.2 Å². The highest BCUT2D eigenvalue weighted by molar-refractivity contribution is 6.30. The van der Waals surface area contributed by atoms with Gasteiger partial charge in [-0.15, -0.1) is 0 Å². The Morgan fingerprint density at radius 3 is 2.47 bits per heavy atom. The third-order valence-corrected chi connectivity index (χ3v) is 2.76. The molecule has 0 unspecified atom stereocenters. The summed E-state index contributed by atoms with van der Waals surface area (Å²) in [4.78, 5) is 23.7. The molecule has 0 aliphatic rings. The second-order valence-corrected chi connectivity index (χ2v) is 4.30. The van der Waals surface area contributed by atoms with Crippen molar-refractivity contribution in [2.45, 2.75) is 13.3 Å². The maximum absolute atomic E-state index is 11.8. The van der Waals surface area contributed by atoms with Gasteiger partial charge in [0.1, 0.15) is 5.75 Å². The summed E-state index contributed by atoms with van der Waals surface area (Å²) in [6.07, 6.45) is -0.0689. The van der Waals surface area contributed by atoms with Crippen LogP contribution < -0.4 is 4.74 Å². The molecule has 104 valence electrons. The molecule has 1 N–H and O–H groups in total. The molecule has 1 rings (SSSR count). The van der Waals surface area contributed by atoms with Crippen molar-refractivity contribution in [1.29, 1.82) is 0 Å². The van der Waals surface area contributed by atoms with Gasteiger partial charge in [0.15, 0.2) is 6.61 Å². The highest BCUT2D eigenvalue weighted by atomic mass is 35.5. The first-order chi connectivity index (χ1) is 9.02. The van der Waals surface area contributed by atoms with Crippen LogP contribution in [-0.4, -0.2) is 41.6 Å². The first-order valence-electron chi connectivity index (χ1n) is 5.91. The van der Waals surface area contributed by atoms with E-state index < -0.39 is 5.97 Å². The molecule has 0 aliphatic carbocycles. The quantitative estimate of drug-likeness (QED) is 0.832. The molecule has 0 fully saturated rings. The number of hydrogen-bond acceptors (Lipinski definition) is 3. The predicted octanol–water partition coefficient (Wildman–Crippen LogP) is 2.04. The lowest BCUT2D eigenvalue weighted by molar-refractivity contribution is -0.139. The Labute approximate surface area is 116 Å². The standard InChI is InChI=1S/C13H16ClNO4/c1-2-15(8-7-13(17)18)12(16)9-19-11-5-3-10(14)4-6-11/h3-6H,2,7-9H2,1H3,(H,17,18). The van der Waals surface area contributed by atoms with Crippen molar-refractivity contribution < 1.29 is 19.4 Å². The van der Waals surface area contributed by atoms with Gasteiger partial charge in [-0.25, -0.2) is 0 Å². The van der Waals surface area contributed by atoms with Crippen LogP contribution in [0.4, 0.5) is 0 Å². The van der Waals surface area contributed by atoms with E-state index >= 15 is 0 Å².